The van der Waals surface area contributed by atoms with Crippen molar-refractivity contribution in [2.45, 2.75) is 38.6 Å². The molecule has 2 aromatic rings. The Morgan fingerprint density at radius 1 is 1.14 bits per heavy atom. The molecule has 21 heavy (non-hydrogen) atoms. The minimum atomic E-state index is 0.114. The van der Waals surface area contributed by atoms with Crippen LogP contribution < -0.4 is 10.1 Å². The summed E-state index contributed by atoms with van der Waals surface area (Å²) >= 11 is 0. The first kappa shape index (κ1) is 15.4. The molecule has 2 rings (SSSR count). The lowest BCUT2D eigenvalue weighted by molar-refractivity contribution is 0.397. The summed E-state index contributed by atoms with van der Waals surface area (Å²) in [5.74, 6) is 0.641. The molecule has 3 heteroatoms. The van der Waals surface area contributed by atoms with E-state index < -0.39 is 0 Å². The number of pyridine rings is 1. The highest BCUT2D eigenvalue weighted by molar-refractivity contribution is 5.52. The van der Waals surface area contributed by atoms with Crippen molar-refractivity contribution in [2.24, 2.45) is 0 Å². The summed E-state index contributed by atoms with van der Waals surface area (Å²) in [6.07, 6.45) is 2.76. The topological polar surface area (TPSA) is 34.1 Å². The molecule has 0 saturated heterocycles. The average Bonchev–Trinajstić information content (AvgIpc) is 2.48. The number of hydrogen-bond donors (Lipinski definition) is 1. The van der Waals surface area contributed by atoms with E-state index in [1.807, 2.05) is 12.1 Å². The van der Waals surface area contributed by atoms with E-state index in [2.05, 4.69) is 61.4 Å². The SMILES string of the molecule is COc1ncccc1NC(C)CC(C)(C)c1ccccc1. The highest BCUT2D eigenvalue weighted by atomic mass is 16.5. The molecule has 0 saturated carbocycles. The maximum atomic E-state index is 5.29. The number of aromatic nitrogens is 1. The van der Waals surface area contributed by atoms with E-state index in [0.29, 0.717) is 11.9 Å². The second-order valence-corrected chi connectivity index (χ2v) is 6.06. The van der Waals surface area contributed by atoms with Crippen LogP contribution in [0.5, 0.6) is 5.88 Å². The number of ether oxygens (including phenoxy) is 1. The largest absolute Gasteiger partial charge is 0.480 e. The fourth-order valence-electron chi connectivity index (χ4n) is 2.75. The second kappa shape index (κ2) is 6.61. The lowest BCUT2D eigenvalue weighted by Crippen LogP contribution is -2.28. The van der Waals surface area contributed by atoms with Gasteiger partial charge in [-0.25, -0.2) is 4.98 Å². The molecule has 1 heterocycles. The summed E-state index contributed by atoms with van der Waals surface area (Å²) < 4.78 is 5.29. The van der Waals surface area contributed by atoms with E-state index in [9.17, 15) is 0 Å². The molecule has 0 fully saturated rings. The minimum absolute atomic E-state index is 0.114. The van der Waals surface area contributed by atoms with Crippen molar-refractivity contribution in [3.8, 4) is 5.88 Å². The van der Waals surface area contributed by atoms with Gasteiger partial charge in [-0.15, -0.1) is 0 Å². The van der Waals surface area contributed by atoms with Crippen molar-refractivity contribution in [1.82, 2.24) is 4.98 Å². The fraction of sp³-hybridized carbons (Fsp3) is 0.389. The van der Waals surface area contributed by atoms with Crippen LogP contribution in [0.4, 0.5) is 5.69 Å². The first-order valence-electron chi connectivity index (χ1n) is 7.34. The second-order valence-electron chi connectivity index (χ2n) is 6.06. The van der Waals surface area contributed by atoms with Gasteiger partial charge in [0.05, 0.1) is 12.8 Å². The van der Waals surface area contributed by atoms with E-state index in [1.54, 1.807) is 13.3 Å². The lowest BCUT2D eigenvalue weighted by Gasteiger charge is -2.29. The van der Waals surface area contributed by atoms with Crippen LogP contribution in [0.25, 0.3) is 0 Å². The molecule has 1 aromatic heterocycles. The highest BCUT2D eigenvalue weighted by Crippen LogP contribution is 2.30. The van der Waals surface area contributed by atoms with Crippen molar-refractivity contribution in [2.75, 3.05) is 12.4 Å². The van der Waals surface area contributed by atoms with E-state index in [0.717, 1.165) is 12.1 Å². The van der Waals surface area contributed by atoms with Crippen LogP contribution in [0.3, 0.4) is 0 Å². The highest BCUT2D eigenvalue weighted by Gasteiger charge is 2.23. The monoisotopic (exact) mass is 284 g/mol. The standard InChI is InChI=1S/C18H24N2O/c1-14(20-16-11-8-12-19-17(16)21-4)13-18(2,3)15-9-6-5-7-10-15/h5-12,14,20H,13H2,1-4H3. The first-order valence-corrected chi connectivity index (χ1v) is 7.34. The molecule has 112 valence electrons. The number of rotatable bonds is 6. The molecule has 1 atom stereocenters. The Balaban J connectivity index is 2.06. The van der Waals surface area contributed by atoms with Gasteiger partial charge in [-0.3, -0.25) is 0 Å². The summed E-state index contributed by atoms with van der Waals surface area (Å²) in [4.78, 5) is 4.22. The average molecular weight is 284 g/mol. The van der Waals surface area contributed by atoms with Gasteiger partial charge in [0.1, 0.15) is 0 Å². The van der Waals surface area contributed by atoms with Gasteiger partial charge in [0.15, 0.2) is 0 Å². The van der Waals surface area contributed by atoms with Crippen LogP contribution in [0.2, 0.25) is 0 Å². The number of anilines is 1. The molecule has 1 aromatic carbocycles. The van der Waals surface area contributed by atoms with Gasteiger partial charge in [0.2, 0.25) is 5.88 Å². The predicted molar refractivity (Wildman–Crippen MR) is 88.0 cm³/mol. The third kappa shape index (κ3) is 3.97. The fourth-order valence-corrected chi connectivity index (χ4v) is 2.75. The zero-order valence-corrected chi connectivity index (χ0v) is 13.3. The quantitative estimate of drug-likeness (QED) is 0.860. The molecule has 0 aliphatic heterocycles. The van der Waals surface area contributed by atoms with Crippen LogP contribution in [0.15, 0.2) is 48.7 Å². The van der Waals surface area contributed by atoms with Crippen molar-refractivity contribution < 1.29 is 4.74 Å². The minimum Gasteiger partial charge on any atom is -0.480 e. The molecule has 0 bridgehead atoms. The van der Waals surface area contributed by atoms with Gasteiger partial charge in [-0.05, 0) is 36.5 Å². The molecule has 3 nitrogen and oxygen atoms in total. The summed E-state index contributed by atoms with van der Waals surface area (Å²) in [6, 6.07) is 14.9. The third-order valence-corrected chi connectivity index (χ3v) is 3.74. The normalized spacial score (nSPS) is 12.8. The van der Waals surface area contributed by atoms with Gasteiger partial charge in [-0.2, -0.15) is 0 Å². The van der Waals surface area contributed by atoms with Crippen LogP contribution in [0.1, 0.15) is 32.8 Å². The maximum Gasteiger partial charge on any atom is 0.237 e. The Morgan fingerprint density at radius 2 is 1.86 bits per heavy atom. The Labute approximate surface area is 127 Å². The summed E-state index contributed by atoms with van der Waals surface area (Å²) in [7, 11) is 1.64. The van der Waals surface area contributed by atoms with E-state index in [1.165, 1.54) is 5.56 Å². The van der Waals surface area contributed by atoms with Crippen molar-refractivity contribution in [1.29, 1.82) is 0 Å². The van der Waals surface area contributed by atoms with Crippen LogP contribution in [-0.2, 0) is 5.41 Å². The number of nitrogens with one attached hydrogen (secondary N) is 1. The van der Waals surface area contributed by atoms with Crippen molar-refractivity contribution in [3.63, 3.8) is 0 Å². The van der Waals surface area contributed by atoms with Gasteiger partial charge in [0.25, 0.3) is 0 Å². The molecule has 0 amide bonds. The molecular formula is C18H24N2O. The van der Waals surface area contributed by atoms with Gasteiger partial charge in [-0.1, -0.05) is 44.2 Å². The van der Waals surface area contributed by atoms with Gasteiger partial charge >= 0.3 is 0 Å². The van der Waals surface area contributed by atoms with Crippen LogP contribution in [-0.4, -0.2) is 18.1 Å². The number of hydrogen-bond acceptors (Lipinski definition) is 3. The van der Waals surface area contributed by atoms with Gasteiger partial charge in [0, 0.05) is 12.2 Å². The molecule has 0 spiro atoms. The van der Waals surface area contributed by atoms with Crippen molar-refractivity contribution in [3.05, 3.63) is 54.2 Å². The van der Waals surface area contributed by atoms with E-state index >= 15 is 0 Å². The lowest BCUT2D eigenvalue weighted by atomic mass is 9.79. The summed E-state index contributed by atoms with van der Waals surface area (Å²) in [5, 5.41) is 3.50. The molecule has 0 radical (unpaired) electrons. The van der Waals surface area contributed by atoms with E-state index in [-0.39, 0.29) is 5.41 Å². The zero-order chi connectivity index (χ0) is 15.3. The molecule has 1 unspecified atom stereocenters. The van der Waals surface area contributed by atoms with Crippen LogP contribution in [0, 0.1) is 0 Å². The molecule has 0 aliphatic carbocycles. The Hall–Kier alpha value is -2.03. The molecule has 0 aliphatic rings. The number of benzene rings is 1. The maximum absolute atomic E-state index is 5.29. The van der Waals surface area contributed by atoms with Gasteiger partial charge < -0.3 is 10.1 Å². The number of nitrogens with zero attached hydrogens (tertiary/aromatic N) is 1. The van der Waals surface area contributed by atoms with Crippen LogP contribution >= 0.6 is 0 Å². The third-order valence-electron chi connectivity index (χ3n) is 3.74. The molecular weight excluding hydrogens is 260 g/mol. The number of methoxy groups -OCH3 is 1. The molecule has 1 N–H and O–H groups in total. The van der Waals surface area contributed by atoms with Crippen molar-refractivity contribution >= 4 is 5.69 Å². The predicted octanol–water partition coefficient (Wildman–Crippen LogP) is 4.26. The Morgan fingerprint density at radius 3 is 2.52 bits per heavy atom. The Kier molecular flexibility index (Phi) is 4.84. The smallest absolute Gasteiger partial charge is 0.237 e. The Bertz CT molecular complexity index is 566. The first-order chi connectivity index (χ1) is 10.0. The van der Waals surface area contributed by atoms with E-state index in [4.69, 9.17) is 4.74 Å². The zero-order valence-electron chi connectivity index (χ0n) is 13.3. The summed E-state index contributed by atoms with van der Waals surface area (Å²) in [5.41, 5.74) is 2.41. The summed E-state index contributed by atoms with van der Waals surface area (Å²) in [6.45, 7) is 6.75.